The molecule has 0 amide bonds. The highest BCUT2D eigenvalue weighted by Gasteiger charge is 2.13. The van der Waals surface area contributed by atoms with E-state index < -0.39 is 0 Å². The Balaban J connectivity index is 1.78. The van der Waals surface area contributed by atoms with Crippen molar-refractivity contribution in [3.63, 3.8) is 0 Å². The Bertz CT molecular complexity index is 843. The van der Waals surface area contributed by atoms with Gasteiger partial charge in [0.1, 0.15) is 16.6 Å². The van der Waals surface area contributed by atoms with Crippen molar-refractivity contribution in [2.24, 2.45) is 0 Å². The molecule has 0 fully saturated rings. The van der Waals surface area contributed by atoms with Gasteiger partial charge in [0.05, 0.1) is 16.6 Å². The number of anilines is 2. The Morgan fingerprint density at radius 2 is 1.88 bits per heavy atom. The fraction of sp³-hybridized carbons (Fsp3) is 0.316. The normalized spacial score (nSPS) is 12.4. The Labute approximate surface area is 152 Å². The molecule has 0 unspecified atom stereocenters. The number of thiazole rings is 1. The highest BCUT2D eigenvalue weighted by molar-refractivity contribution is 7.15. The second kappa shape index (κ2) is 7.72. The monoisotopic (exact) mass is 353 g/mol. The third-order valence-corrected chi connectivity index (χ3v) is 4.85. The Hall–Kier alpha value is -2.31. The standard InChI is InChI=1S/C19H23N5S/c1-12(2)22-14(4)19-21-11-16(25-19)15-6-5-7-17(23-15)24-18-10-13(3)8-9-20-18/h5-12,14,22H,1-4H3,(H,20,23,24)/t14-/m0/s1. The lowest BCUT2D eigenvalue weighted by Gasteiger charge is -2.13. The van der Waals surface area contributed by atoms with E-state index >= 15 is 0 Å². The van der Waals surface area contributed by atoms with Crippen molar-refractivity contribution >= 4 is 23.0 Å². The summed E-state index contributed by atoms with van der Waals surface area (Å²) in [4.78, 5) is 14.6. The number of hydrogen-bond donors (Lipinski definition) is 2. The van der Waals surface area contributed by atoms with E-state index in [-0.39, 0.29) is 6.04 Å². The smallest absolute Gasteiger partial charge is 0.132 e. The van der Waals surface area contributed by atoms with Gasteiger partial charge in [-0.25, -0.2) is 15.0 Å². The summed E-state index contributed by atoms with van der Waals surface area (Å²) < 4.78 is 0. The summed E-state index contributed by atoms with van der Waals surface area (Å²) in [5, 5.41) is 7.81. The van der Waals surface area contributed by atoms with Gasteiger partial charge in [-0.15, -0.1) is 11.3 Å². The number of aromatic nitrogens is 3. The zero-order valence-corrected chi connectivity index (χ0v) is 15.8. The van der Waals surface area contributed by atoms with E-state index in [1.54, 1.807) is 17.5 Å². The molecule has 0 radical (unpaired) electrons. The van der Waals surface area contributed by atoms with Crippen LogP contribution in [-0.4, -0.2) is 21.0 Å². The minimum absolute atomic E-state index is 0.233. The Morgan fingerprint density at radius 1 is 1.04 bits per heavy atom. The zero-order chi connectivity index (χ0) is 17.8. The van der Waals surface area contributed by atoms with Gasteiger partial charge in [-0.2, -0.15) is 0 Å². The van der Waals surface area contributed by atoms with Gasteiger partial charge < -0.3 is 10.6 Å². The van der Waals surface area contributed by atoms with Gasteiger partial charge in [0.15, 0.2) is 0 Å². The van der Waals surface area contributed by atoms with Crippen molar-refractivity contribution in [3.8, 4) is 10.6 Å². The minimum Gasteiger partial charge on any atom is -0.325 e. The van der Waals surface area contributed by atoms with Gasteiger partial charge >= 0.3 is 0 Å². The second-order valence-electron chi connectivity index (χ2n) is 6.36. The molecule has 0 aliphatic carbocycles. The third kappa shape index (κ3) is 4.61. The predicted molar refractivity (Wildman–Crippen MR) is 104 cm³/mol. The van der Waals surface area contributed by atoms with Crippen LogP contribution in [0.15, 0.2) is 42.7 Å². The summed E-state index contributed by atoms with van der Waals surface area (Å²) in [5.74, 6) is 1.57. The summed E-state index contributed by atoms with van der Waals surface area (Å²) in [5.41, 5.74) is 2.07. The summed E-state index contributed by atoms with van der Waals surface area (Å²) in [7, 11) is 0. The molecule has 0 aromatic carbocycles. The first-order valence-electron chi connectivity index (χ1n) is 8.40. The van der Waals surface area contributed by atoms with Crippen LogP contribution in [0.5, 0.6) is 0 Å². The van der Waals surface area contributed by atoms with E-state index in [1.165, 1.54) is 0 Å². The molecule has 3 heterocycles. The van der Waals surface area contributed by atoms with Crippen LogP contribution in [0.2, 0.25) is 0 Å². The van der Waals surface area contributed by atoms with Crippen molar-refractivity contribution < 1.29 is 0 Å². The number of nitrogens with one attached hydrogen (secondary N) is 2. The van der Waals surface area contributed by atoms with Crippen LogP contribution in [-0.2, 0) is 0 Å². The van der Waals surface area contributed by atoms with Gasteiger partial charge in [0.2, 0.25) is 0 Å². The lowest BCUT2D eigenvalue weighted by Crippen LogP contribution is -2.25. The van der Waals surface area contributed by atoms with Crippen LogP contribution in [0.25, 0.3) is 10.6 Å². The zero-order valence-electron chi connectivity index (χ0n) is 14.9. The molecular weight excluding hydrogens is 330 g/mol. The summed E-state index contributed by atoms with van der Waals surface area (Å²) in [6.07, 6.45) is 3.69. The van der Waals surface area contributed by atoms with E-state index in [1.807, 2.05) is 43.5 Å². The van der Waals surface area contributed by atoms with E-state index in [2.05, 4.69) is 41.4 Å². The van der Waals surface area contributed by atoms with Crippen LogP contribution in [0.3, 0.4) is 0 Å². The summed E-state index contributed by atoms with van der Waals surface area (Å²) >= 11 is 1.67. The summed E-state index contributed by atoms with van der Waals surface area (Å²) in [6.45, 7) is 8.46. The quantitative estimate of drug-likeness (QED) is 0.672. The molecule has 3 aromatic rings. The second-order valence-corrected chi connectivity index (χ2v) is 7.42. The number of aryl methyl sites for hydroxylation is 1. The topological polar surface area (TPSA) is 62.7 Å². The van der Waals surface area contributed by atoms with Crippen molar-refractivity contribution in [1.82, 2.24) is 20.3 Å². The van der Waals surface area contributed by atoms with E-state index in [9.17, 15) is 0 Å². The largest absolute Gasteiger partial charge is 0.325 e. The van der Waals surface area contributed by atoms with E-state index in [0.717, 1.165) is 32.8 Å². The van der Waals surface area contributed by atoms with Crippen molar-refractivity contribution in [1.29, 1.82) is 0 Å². The number of hydrogen-bond acceptors (Lipinski definition) is 6. The predicted octanol–water partition coefficient (Wildman–Crippen LogP) is 4.71. The Kier molecular flexibility index (Phi) is 5.40. The van der Waals surface area contributed by atoms with Crippen LogP contribution in [0.1, 0.15) is 37.4 Å². The molecule has 2 N–H and O–H groups in total. The number of nitrogens with zero attached hydrogens (tertiary/aromatic N) is 3. The lowest BCUT2D eigenvalue weighted by atomic mass is 10.3. The average Bonchev–Trinajstić information content (AvgIpc) is 3.05. The van der Waals surface area contributed by atoms with Crippen LogP contribution < -0.4 is 10.6 Å². The SMILES string of the molecule is Cc1ccnc(Nc2cccc(-c3cnc([C@H](C)NC(C)C)s3)n2)c1. The highest BCUT2D eigenvalue weighted by Crippen LogP contribution is 2.29. The molecule has 5 nitrogen and oxygen atoms in total. The molecule has 25 heavy (non-hydrogen) atoms. The van der Waals surface area contributed by atoms with Gasteiger partial charge in [0.25, 0.3) is 0 Å². The molecule has 0 saturated heterocycles. The number of pyridine rings is 2. The van der Waals surface area contributed by atoms with Crippen LogP contribution in [0, 0.1) is 6.92 Å². The highest BCUT2D eigenvalue weighted by atomic mass is 32.1. The molecule has 0 bridgehead atoms. The molecule has 0 aliphatic heterocycles. The average molecular weight is 353 g/mol. The first kappa shape index (κ1) is 17.5. The molecule has 0 saturated carbocycles. The maximum atomic E-state index is 4.70. The minimum atomic E-state index is 0.233. The van der Waals surface area contributed by atoms with Crippen LogP contribution in [0.4, 0.5) is 11.6 Å². The van der Waals surface area contributed by atoms with E-state index in [4.69, 9.17) is 4.98 Å². The maximum absolute atomic E-state index is 4.70. The maximum Gasteiger partial charge on any atom is 0.132 e. The fourth-order valence-corrected chi connectivity index (χ4v) is 3.45. The summed E-state index contributed by atoms with van der Waals surface area (Å²) in [6, 6.07) is 10.6. The third-order valence-electron chi connectivity index (χ3n) is 3.65. The molecular formula is C19H23N5S. The molecule has 0 aliphatic rings. The molecule has 130 valence electrons. The van der Waals surface area contributed by atoms with Gasteiger partial charge in [-0.1, -0.05) is 19.9 Å². The fourth-order valence-electron chi connectivity index (χ4n) is 2.55. The molecule has 3 aromatic heterocycles. The Morgan fingerprint density at radius 3 is 2.64 bits per heavy atom. The number of rotatable bonds is 6. The molecule has 1 atom stereocenters. The van der Waals surface area contributed by atoms with E-state index in [0.29, 0.717) is 6.04 Å². The van der Waals surface area contributed by atoms with Crippen molar-refractivity contribution in [2.75, 3.05) is 5.32 Å². The molecule has 3 rings (SSSR count). The van der Waals surface area contributed by atoms with Gasteiger partial charge in [-0.05, 0) is 43.7 Å². The van der Waals surface area contributed by atoms with Crippen molar-refractivity contribution in [3.05, 3.63) is 53.3 Å². The molecule has 6 heteroatoms. The van der Waals surface area contributed by atoms with Crippen LogP contribution >= 0.6 is 11.3 Å². The first-order chi connectivity index (χ1) is 12.0. The van der Waals surface area contributed by atoms with Crippen molar-refractivity contribution in [2.45, 2.75) is 39.8 Å². The first-order valence-corrected chi connectivity index (χ1v) is 9.22. The lowest BCUT2D eigenvalue weighted by molar-refractivity contribution is 0.504. The van der Waals surface area contributed by atoms with Gasteiger partial charge in [0, 0.05) is 18.4 Å². The van der Waals surface area contributed by atoms with Gasteiger partial charge in [-0.3, -0.25) is 0 Å². The molecule has 0 spiro atoms.